The minimum Gasteiger partial charge on any atom is -0.325 e. The Kier molecular flexibility index (Phi) is 5.91. The smallest absolute Gasteiger partial charge is 0.237 e. The van der Waals surface area contributed by atoms with Crippen LogP contribution in [0.15, 0.2) is 53.7 Å². The van der Waals surface area contributed by atoms with E-state index in [4.69, 9.17) is 0 Å². The van der Waals surface area contributed by atoms with Gasteiger partial charge in [-0.05, 0) is 37.1 Å². The predicted molar refractivity (Wildman–Crippen MR) is 105 cm³/mol. The SMILES string of the molecule is Cc1ccc(NC(=O)[C@H](C)Sc2nnc(Cc3ccccc3)n2C)cc1F. The maximum absolute atomic E-state index is 13.6. The van der Waals surface area contributed by atoms with Gasteiger partial charge in [-0.25, -0.2) is 4.39 Å². The summed E-state index contributed by atoms with van der Waals surface area (Å²) in [4.78, 5) is 12.4. The second-order valence-electron chi connectivity index (χ2n) is 6.33. The molecule has 0 aliphatic rings. The van der Waals surface area contributed by atoms with Crippen molar-refractivity contribution >= 4 is 23.4 Å². The summed E-state index contributed by atoms with van der Waals surface area (Å²) in [6.07, 6.45) is 0.675. The molecule has 1 amide bonds. The molecule has 0 saturated heterocycles. The van der Waals surface area contributed by atoms with Crippen molar-refractivity contribution in [2.45, 2.75) is 30.7 Å². The number of rotatable bonds is 6. The summed E-state index contributed by atoms with van der Waals surface area (Å²) in [5, 5.41) is 11.4. The van der Waals surface area contributed by atoms with E-state index >= 15 is 0 Å². The van der Waals surface area contributed by atoms with E-state index in [2.05, 4.69) is 15.5 Å². The van der Waals surface area contributed by atoms with Crippen molar-refractivity contribution in [3.05, 3.63) is 71.3 Å². The monoisotopic (exact) mass is 384 g/mol. The third-order valence-electron chi connectivity index (χ3n) is 4.22. The van der Waals surface area contributed by atoms with Crippen LogP contribution in [0.25, 0.3) is 0 Å². The summed E-state index contributed by atoms with van der Waals surface area (Å²) >= 11 is 1.32. The highest BCUT2D eigenvalue weighted by Gasteiger charge is 2.19. The number of halogens is 1. The number of nitrogens with one attached hydrogen (secondary N) is 1. The van der Waals surface area contributed by atoms with Gasteiger partial charge in [0.25, 0.3) is 0 Å². The molecule has 0 bridgehead atoms. The van der Waals surface area contributed by atoms with Gasteiger partial charge in [-0.3, -0.25) is 4.79 Å². The summed E-state index contributed by atoms with van der Waals surface area (Å²) in [7, 11) is 1.89. The van der Waals surface area contributed by atoms with E-state index in [0.29, 0.717) is 22.8 Å². The van der Waals surface area contributed by atoms with E-state index in [-0.39, 0.29) is 11.7 Å². The van der Waals surface area contributed by atoms with Gasteiger partial charge in [-0.2, -0.15) is 0 Å². The number of aryl methyl sites for hydroxylation is 1. The first kappa shape index (κ1) is 19.1. The molecule has 0 fully saturated rings. The van der Waals surface area contributed by atoms with E-state index in [1.165, 1.54) is 17.8 Å². The first-order valence-corrected chi connectivity index (χ1v) is 9.48. The second kappa shape index (κ2) is 8.35. The first-order valence-electron chi connectivity index (χ1n) is 8.60. The van der Waals surface area contributed by atoms with Crippen LogP contribution < -0.4 is 5.32 Å². The lowest BCUT2D eigenvalue weighted by molar-refractivity contribution is -0.115. The van der Waals surface area contributed by atoms with Crippen LogP contribution in [0, 0.1) is 12.7 Å². The molecule has 7 heteroatoms. The summed E-state index contributed by atoms with van der Waals surface area (Å²) in [5.41, 5.74) is 2.13. The number of nitrogens with zero attached hydrogens (tertiary/aromatic N) is 3. The molecule has 0 saturated carbocycles. The standard InChI is InChI=1S/C20H21FN4OS/c1-13-9-10-16(12-17(13)21)22-19(26)14(2)27-20-24-23-18(25(20)3)11-15-7-5-4-6-8-15/h4-10,12,14H,11H2,1-3H3,(H,22,26)/t14-/m0/s1. The molecule has 140 valence electrons. The molecule has 0 aliphatic carbocycles. The number of carbonyl (C=O) groups is 1. The Morgan fingerprint density at radius 3 is 2.67 bits per heavy atom. The van der Waals surface area contributed by atoms with Gasteiger partial charge in [0, 0.05) is 19.2 Å². The molecule has 3 rings (SSSR count). The van der Waals surface area contributed by atoms with Crippen LogP contribution in [0.5, 0.6) is 0 Å². The highest BCUT2D eigenvalue weighted by Crippen LogP contribution is 2.24. The quantitative estimate of drug-likeness (QED) is 0.653. The molecule has 2 aromatic carbocycles. The number of thioether (sulfide) groups is 1. The highest BCUT2D eigenvalue weighted by atomic mass is 32.2. The molecular formula is C20H21FN4OS. The van der Waals surface area contributed by atoms with Gasteiger partial charge < -0.3 is 9.88 Å². The summed E-state index contributed by atoms with van der Waals surface area (Å²) in [6.45, 7) is 3.47. The fraction of sp³-hybridized carbons (Fsp3) is 0.250. The van der Waals surface area contributed by atoms with Crippen LogP contribution in [0.4, 0.5) is 10.1 Å². The van der Waals surface area contributed by atoms with Crippen molar-refractivity contribution in [2.24, 2.45) is 7.05 Å². The van der Waals surface area contributed by atoms with Crippen LogP contribution in [0.1, 0.15) is 23.9 Å². The van der Waals surface area contributed by atoms with E-state index in [9.17, 15) is 9.18 Å². The van der Waals surface area contributed by atoms with Crippen molar-refractivity contribution in [1.29, 1.82) is 0 Å². The lowest BCUT2D eigenvalue weighted by Gasteiger charge is -2.12. The molecule has 0 unspecified atom stereocenters. The Morgan fingerprint density at radius 1 is 1.22 bits per heavy atom. The Bertz CT molecular complexity index is 942. The largest absolute Gasteiger partial charge is 0.325 e. The van der Waals surface area contributed by atoms with E-state index in [0.717, 1.165) is 11.4 Å². The Morgan fingerprint density at radius 2 is 1.96 bits per heavy atom. The Hall–Kier alpha value is -2.67. The van der Waals surface area contributed by atoms with Gasteiger partial charge >= 0.3 is 0 Å². The average molecular weight is 384 g/mol. The summed E-state index contributed by atoms with van der Waals surface area (Å²) < 4.78 is 15.5. The zero-order valence-corrected chi connectivity index (χ0v) is 16.3. The zero-order valence-electron chi connectivity index (χ0n) is 15.4. The van der Waals surface area contributed by atoms with Gasteiger partial charge in [0.05, 0.1) is 5.25 Å². The predicted octanol–water partition coefficient (Wildman–Crippen LogP) is 3.97. The van der Waals surface area contributed by atoms with Crippen molar-refractivity contribution in [1.82, 2.24) is 14.8 Å². The average Bonchev–Trinajstić information content (AvgIpc) is 2.99. The molecule has 0 aliphatic heterocycles. The molecule has 0 radical (unpaired) electrons. The molecule has 1 heterocycles. The van der Waals surface area contributed by atoms with E-state index < -0.39 is 5.25 Å². The van der Waals surface area contributed by atoms with Crippen LogP contribution in [-0.2, 0) is 18.3 Å². The minimum absolute atomic E-state index is 0.212. The second-order valence-corrected chi connectivity index (χ2v) is 7.64. The summed E-state index contributed by atoms with van der Waals surface area (Å²) in [5.74, 6) is 0.278. The van der Waals surface area contributed by atoms with Crippen LogP contribution in [0.3, 0.4) is 0 Å². The molecule has 1 aromatic heterocycles. The van der Waals surface area contributed by atoms with Crippen LogP contribution >= 0.6 is 11.8 Å². The zero-order chi connectivity index (χ0) is 19.4. The fourth-order valence-corrected chi connectivity index (χ4v) is 3.34. The summed E-state index contributed by atoms with van der Waals surface area (Å²) in [6, 6.07) is 14.7. The van der Waals surface area contributed by atoms with Crippen molar-refractivity contribution in [3.63, 3.8) is 0 Å². The third kappa shape index (κ3) is 4.74. The van der Waals surface area contributed by atoms with Crippen LogP contribution in [0.2, 0.25) is 0 Å². The molecule has 0 spiro atoms. The van der Waals surface area contributed by atoms with E-state index in [1.807, 2.05) is 41.9 Å². The number of amides is 1. The number of aromatic nitrogens is 3. The number of carbonyl (C=O) groups excluding carboxylic acids is 1. The van der Waals surface area contributed by atoms with Crippen molar-refractivity contribution in [3.8, 4) is 0 Å². The van der Waals surface area contributed by atoms with Gasteiger partial charge in [0.2, 0.25) is 5.91 Å². The molecule has 1 N–H and O–H groups in total. The fourth-order valence-electron chi connectivity index (χ4n) is 2.51. The van der Waals surface area contributed by atoms with Crippen LogP contribution in [-0.4, -0.2) is 25.9 Å². The van der Waals surface area contributed by atoms with Crippen molar-refractivity contribution in [2.75, 3.05) is 5.32 Å². The highest BCUT2D eigenvalue weighted by molar-refractivity contribution is 8.00. The third-order valence-corrected chi connectivity index (χ3v) is 5.35. The molecular weight excluding hydrogens is 363 g/mol. The van der Waals surface area contributed by atoms with Gasteiger partial charge in [-0.1, -0.05) is 48.2 Å². The Labute approximate surface area is 162 Å². The topological polar surface area (TPSA) is 59.8 Å². The van der Waals surface area contributed by atoms with Gasteiger partial charge in [-0.15, -0.1) is 10.2 Å². The number of benzene rings is 2. The molecule has 5 nitrogen and oxygen atoms in total. The van der Waals surface area contributed by atoms with E-state index in [1.54, 1.807) is 26.0 Å². The lowest BCUT2D eigenvalue weighted by atomic mass is 10.1. The maximum Gasteiger partial charge on any atom is 0.237 e. The molecule has 3 aromatic rings. The normalized spacial score (nSPS) is 12.0. The minimum atomic E-state index is -0.401. The van der Waals surface area contributed by atoms with Gasteiger partial charge in [0.1, 0.15) is 11.6 Å². The number of anilines is 1. The first-order chi connectivity index (χ1) is 12.9. The Balaban J connectivity index is 1.64. The van der Waals surface area contributed by atoms with Gasteiger partial charge in [0.15, 0.2) is 5.16 Å². The maximum atomic E-state index is 13.6. The number of hydrogen-bond donors (Lipinski definition) is 1. The number of hydrogen-bond acceptors (Lipinski definition) is 4. The lowest BCUT2D eigenvalue weighted by Crippen LogP contribution is -2.23. The molecule has 1 atom stereocenters. The van der Waals surface area contributed by atoms with Crippen molar-refractivity contribution < 1.29 is 9.18 Å². The molecule has 27 heavy (non-hydrogen) atoms.